The molecule has 0 radical (unpaired) electrons. The lowest BCUT2D eigenvalue weighted by atomic mass is 10.2. The van der Waals surface area contributed by atoms with Crippen LogP contribution in [0.4, 0.5) is 11.4 Å². The van der Waals surface area contributed by atoms with E-state index in [1.165, 1.54) is 6.07 Å². The average molecular weight is 324 g/mol. The Morgan fingerprint density at radius 2 is 1.90 bits per heavy atom. The molecule has 2 N–H and O–H groups in total. The molecule has 11 heteroatoms. The van der Waals surface area contributed by atoms with Crippen LogP contribution in [0.1, 0.15) is 0 Å². The zero-order valence-corrected chi connectivity index (χ0v) is 11.9. The van der Waals surface area contributed by atoms with Crippen molar-refractivity contribution in [2.24, 2.45) is 0 Å². The first-order valence-corrected chi connectivity index (χ1v) is 8.68. The fourth-order valence-electron chi connectivity index (χ4n) is 1.36. The van der Waals surface area contributed by atoms with Crippen molar-refractivity contribution in [1.82, 2.24) is 0 Å². The van der Waals surface area contributed by atoms with E-state index < -0.39 is 36.3 Å². The topological polar surface area (TPSA) is 144 Å². The normalized spacial score (nSPS) is 12.1. The minimum atomic E-state index is -4.19. The summed E-state index contributed by atoms with van der Waals surface area (Å²) >= 11 is 0. The van der Waals surface area contributed by atoms with Gasteiger partial charge in [-0.25, -0.2) is 8.42 Å². The molecule has 1 aromatic rings. The van der Waals surface area contributed by atoms with Gasteiger partial charge >= 0.3 is 0 Å². The molecular weight excluding hydrogens is 312 g/mol. The highest BCUT2D eigenvalue weighted by Crippen LogP contribution is 2.27. The second-order valence-electron chi connectivity index (χ2n) is 3.92. The Bertz CT molecular complexity index is 725. The van der Waals surface area contributed by atoms with Crippen molar-refractivity contribution in [2.45, 2.75) is 4.90 Å². The smallest absolute Gasteiger partial charge is 0.293 e. The molecule has 0 spiro atoms. The molecule has 0 bridgehead atoms. The van der Waals surface area contributed by atoms with Gasteiger partial charge in [0.15, 0.2) is 9.84 Å². The minimum Gasteiger partial charge on any atom is -0.378 e. The van der Waals surface area contributed by atoms with E-state index in [9.17, 15) is 26.9 Å². The van der Waals surface area contributed by atoms with Gasteiger partial charge in [-0.15, -0.1) is 0 Å². The van der Waals surface area contributed by atoms with Crippen LogP contribution in [-0.2, 0) is 20.0 Å². The standard InChI is InChI=1S/C9H12N2O7S2/c1-19(14,15)7-2-3-8(9(6-7)11(12)13)10-4-5-20(16,17)18/h2-3,6,10H,4-5H2,1H3,(H,16,17,18). The number of nitrogens with zero attached hydrogens (tertiary/aromatic N) is 1. The quantitative estimate of drug-likeness (QED) is 0.432. The summed E-state index contributed by atoms with van der Waals surface area (Å²) < 4.78 is 52.2. The molecule has 0 aromatic heterocycles. The van der Waals surface area contributed by atoms with E-state index in [4.69, 9.17) is 4.55 Å². The van der Waals surface area contributed by atoms with E-state index >= 15 is 0 Å². The van der Waals surface area contributed by atoms with Crippen molar-refractivity contribution >= 4 is 31.3 Å². The molecule has 0 saturated carbocycles. The van der Waals surface area contributed by atoms with Crippen LogP contribution in [0.5, 0.6) is 0 Å². The van der Waals surface area contributed by atoms with Crippen molar-refractivity contribution in [3.05, 3.63) is 28.3 Å². The highest BCUT2D eigenvalue weighted by molar-refractivity contribution is 7.90. The summed E-state index contributed by atoms with van der Waals surface area (Å²) in [5.74, 6) is -0.627. The molecule has 0 aliphatic carbocycles. The Labute approximate surface area is 115 Å². The van der Waals surface area contributed by atoms with E-state index in [0.29, 0.717) is 0 Å². The Morgan fingerprint density at radius 1 is 1.30 bits per heavy atom. The average Bonchev–Trinajstić information content (AvgIpc) is 2.25. The maximum absolute atomic E-state index is 11.3. The third-order valence-electron chi connectivity index (χ3n) is 2.27. The van der Waals surface area contributed by atoms with Gasteiger partial charge in [0.05, 0.1) is 15.6 Å². The molecule has 1 aromatic carbocycles. The summed E-state index contributed by atoms with van der Waals surface area (Å²) in [6.07, 6.45) is 0.914. The lowest BCUT2D eigenvalue weighted by molar-refractivity contribution is -0.384. The van der Waals surface area contributed by atoms with Crippen LogP contribution >= 0.6 is 0 Å². The van der Waals surface area contributed by atoms with E-state index in [2.05, 4.69) is 5.32 Å². The maximum Gasteiger partial charge on any atom is 0.293 e. The third-order valence-corrected chi connectivity index (χ3v) is 4.10. The van der Waals surface area contributed by atoms with Crippen molar-refractivity contribution in [3.63, 3.8) is 0 Å². The summed E-state index contributed by atoms with van der Waals surface area (Å²) in [4.78, 5) is 9.86. The summed E-state index contributed by atoms with van der Waals surface area (Å²) in [6.45, 7) is -0.252. The molecule has 0 fully saturated rings. The molecule has 0 atom stereocenters. The molecule has 0 aliphatic heterocycles. The number of benzene rings is 1. The van der Waals surface area contributed by atoms with Gasteiger partial charge in [0.25, 0.3) is 15.8 Å². The van der Waals surface area contributed by atoms with Crippen LogP contribution in [0.3, 0.4) is 0 Å². The molecular formula is C9H12N2O7S2. The van der Waals surface area contributed by atoms with Gasteiger partial charge in [-0.1, -0.05) is 0 Å². The second-order valence-corrected chi connectivity index (χ2v) is 7.51. The summed E-state index contributed by atoms with van der Waals surface area (Å²) in [5, 5.41) is 13.3. The van der Waals surface area contributed by atoms with Gasteiger partial charge in [0.1, 0.15) is 5.69 Å². The molecule has 0 unspecified atom stereocenters. The SMILES string of the molecule is CS(=O)(=O)c1ccc(NCCS(=O)(=O)O)c([N+](=O)[O-])c1. The molecule has 0 heterocycles. The van der Waals surface area contributed by atoms with Gasteiger partial charge < -0.3 is 5.32 Å². The first-order valence-electron chi connectivity index (χ1n) is 5.18. The second kappa shape index (κ2) is 5.73. The lowest BCUT2D eigenvalue weighted by Crippen LogP contribution is -2.15. The van der Waals surface area contributed by atoms with Crippen molar-refractivity contribution in [3.8, 4) is 0 Å². The van der Waals surface area contributed by atoms with Crippen molar-refractivity contribution in [1.29, 1.82) is 0 Å². The number of nitro benzene ring substituents is 1. The largest absolute Gasteiger partial charge is 0.378 e. The van der Waals surface area contributed by atoms with Crippen molar-refractivity contribution < 1.29 is 26.3 Å². The first-order chi connectivity index (χ1) is 9.00. The van der Waals surface area contributed by atoms with E-state index in [0.717, 1.165) is 18.4 Å². The Morgan fingerprint density at radius 3 is 2.35 bits per heavy atom. The van der Waals surface area contributed by atoms with E-state index in [-0.39, 0.29) is 17.1 Å². The maximum atomic E-state index is 11.3. The fraction of sp³-hybridized carbons (Fsp3) is 0.333. The molecule has 112 valence electrons. The molecule has 0 amide bonds. The van der Waals surface area contributed by atoms with Crippen LogP contribution in [-0.4, -0.2) is 44.9 Å². The fourth-order valence-corrected chi connectivity index (χ4v) is 2.36. The predicted octanol–water partition coefficient (Wildman–Crippen LogP) is 0.298. The van der Waals surface area contributed by atoms with Gasteiger partial charge in [-0.05, 0) is 12.1 Å². The Kier molecular flexibility index (Phi) is 4.68. The molecule has 1 rings (SSSR count). The van der Waals surface area contributed by atoms with Crippen LogP contribution in [0.15, 0.2) is 23.1 Å². The highest BCUT2D eigenvalue weighted by Gasteiger charge is 2.18. The van der Waals surface area contributed by atoms with E-state index in [1.54, 1.807) is 0 Å². The molecule has 20 heavy (non-hydrogen) atoms. The summed E-state index contributed by atoms with van der Waals surface area (Å²) in [7, 11) is -7.77. The van der Waals surface area contributed by atoms with E-state index in [1.807, 2.05) is 0 Å². The Balaban J connectivity index is 3.06. The number of rotatable bonds is 6. The number of nitro groups is 1. The number of anilines is 1. The molecule has 0 saturated heterocycles. The van der Waals surface area contributed by atoms with Gasteiger partial charge in [0.2, 0.25) is 0 Å². The van der Waals surface area contributed by atoms with Crippen LogP contribution in [0.25, 0.3) is 0 Å². The van der Waals surface area contributed by atoms with Gasteiger partial charge in [-0.3, -0.25) is 14.7 Å². The molecule has 0 aliphatic rings. The lowest BCUT2D eigenvalue weighted by Gasteiger charge is -2.07. The van der Waals surface area contributed by atoms with Gasteiger partial charge in [0, 0.05) is 18.9 Å². The molecule has 9 nitrogen and oxygen atoms in total. The Hall–Kier alpha value is -1.72. The minimum absolute atomic E-state index is 0.0361. The first kappa shape index (κ1) is 16.3. The zero-order valence-electron chi connectivity index (χ0n) is 10.3. The number of nitrogens with one attached hydrogen (secondary N) is 1. The summed E-state index contributed by atoms with van der Waals surface area (Å²) in [6, 6.07) is 3.21. The van der Waals surface area contributed by atoms with Crippen molar-refractivity contribution in [2.75, 3.05) is 23.9 Å². The zero-order chi connectivity index (χ0) is 15.6. The van der Waals surface area contributed by atoms with Crippen LogP contribution < -0.4 is 5.32 Å². The monoisotopic (exact) mass is 324 g/mol. The van der Waals surface area contributed by atoms with Crippen LogP contribution in [0, 0.1) is 10.1 Å². The number of hydrogen-bond acceptors (Lipinski definition) is 7. The number of hydrogen-bond donors (Lipinski definition) is 2. The third kappa shape index (κ3) is 4.75. The summed E-state index contributed by atoms with van der Waals surface area (Å²) in [5.41, 5.74) is -0.533. The highest BCUT2D eigenvalue weighted by atomic mass is 32.2. The number of sulfone groups is 1. The predicted molar refractivity (Wildman–Crippen MR) is 71.1 cm³/mol. The van der Waals surface area contributed by atoms with Crippen LogP contribution in [0.2, 0.25) is 0 Å². The van der Waals surface area contributed by atoms with Gasteiger partial charge in [-0.2, -0.15) is 8.42 Å².